The quantitative estimate of drug-likeness (QED) is 0.786. The average Bonchev–Trinajstić information content (AvgIpc) is 2.86. The third-order valence-electron chi connectivity index (χ3n) is 2.40. The molecule has 2 rings (SSSR count). The zero-order chi connectivity index (χ0) is 11.5. The van der Waals surface area contributed by atoms with E-state index in [1.807, 2.05) is 0 Å². The van der Waals surface area contributed by atoms with Crippen molar-refractivity contribution >= 4 is 28.5 Å². The SMILES string of the molecule is O=C(O)C1CCN(C(=O)Nc2nncs2)C1. The number of anilines is 1. The Balaban J connectivity index is 1.90. The third-order valence-corrected chi connectivity index (χ3v) is 3.01. The predicted molar refractivity (Wildman–Crippen MR) is 56.2 cm³/mol. The summed E-state index contributed by atoms with van der Waals surface area (Å²) in [5.74, 6) is -1.31. The van der Waals surface area contributed by atoms with Gasteiger partial charge in [0.15, 0.2) is 0 Å². The standard InChI is InChI=1S/C8H10N4O3S/c13-6(14)5-1-2-12(3-5)8(15)10-7-11-9-4-16-7/h4-5H,1-3H2,(H,13,14)(H,10,11,15). The number of hydrogen-bond acceptors (Lipinski definition) is 5. The second-order valence-corrected chi connectivity index (χ2v) is 4.28. The highest BCUT2D eigenvalue weighted by Gasteiger charge is 2.30. The van der Waals surface area contributed by atoms with Crippen LogP contribution in [0, 0.1) is 5.92 Å². The Bertz CT molecular complexity index is 394. The first kappa shape index (κ1) is 10.8. The second-order valence-electron chi connectivity index (χ2n) is 3.44. The predicted octanol–water partition coefficient (Wildman–Crippen LogP) is 0.476. The van der Waals surface area contributed by atoms with E-state index in [0.717, 1.165) is 0 Å². The number of carbonyl (C=O) groups is 2. The van der Waals surface area contributed by atoms with E-state index in [4.69, 9.17) is 5.11 Å². The van der Waals surface area contributed by atoms with Gasteiger partial charge in [-0.15, -0.1) is 10.2 Å². The molecule has 16 heavy (non-hydrogen) atoms. The fraction of sp³-hybridized carbons (Fsp3) is 0.500. The average molecular weight is 242 g/mol. The van der Waals surface area contributed by atoms with Gasteiger partial charge in [-0.1, -0.05) is 11.3 Å². The maximum atomic E-state index is 11.6. The number of nitrogens with zero attached hydrogens (tertiary/aromatic N) is 3. The summed E-state index contributed by atoms with van der Waals surface area (Å²) < 4.78 is 0. The number of aromatic nitrogens is 2. The van der Waals surface area contributed by atoms with Crippen LogP contribution in [0.1, 0.15) is 6.42 Å². The number of carboxylic acids is 1. The molecule has 0 aromatic carbocycles. The number of hydrogen-bond donors (Lipinski definition) is 2. The van der Waals surface area contributed by atoms with Crippen LogP contribution in [-0.4, -0.2) is 45.3 Å². The van der Waals surface area contributed by atoms with Crippen molar-refractivity contribution < 1.29 is 14.7 Å². The molecule has 1 aliphatic heterocycles. The molecule has 0 saturated carbocycles. The van der Waals surface area contributed by atoms with Gasteiger partial charge in [0, 0.05) is 13.1 Å². The summed E-state index contributed by atoms with van der Waals surface area (Å²) in [6.07, 6.45) is 0.499. The first-order valence-electron chi connectivity index (χ1n) is 4.71. The van der Waals surface area contributed by atoms with Crippen molar-refractivity contribution in [1.82, 2.24) is 15.1 Å². The van der Waals surface area contributed by atoms with Crippen molar-refractivity contribution in [3.63, 3.8) is 0 Å². The molecule has 2 amide bonds. The number of carbonyl (C=O) groups excluding carboxylic acids is 1. The molecule has 1 unspecified atom stereocenters. The molecule has 8 heteroatoms. The second kappa shape index (κ2) is 4.44. The van der Waals surface area contributed by atoms with Gasteiger partial charge in [0.1, 0.15) is 5.51 Å². The van der Waals surface area contributed by atoms with Crippen LogP contribution < -0.4 is 5.32 Å². The first-order chi connectivity index (χ1) is 7.66. The molecule has 1 fully saturated rings. The highest BCUT2D eigenvalue weighted by molar-refractivity contribution is 7.13. The summed E-state index contributed by atoms with van der Waals surface area (Å²) in [7, 11) is 0. The van der Waals surface area contributed by atoms with E-state index in [-0.39, 0.29) is 12.6 Å². The fourth-order valence-electron chi connectivity index (χ4n) is 1.54. The smallest absolute Gasteiger partial charge is 0.323 e. The highest BCUT2D eigenvalue weighted by Crippen LogP contribution is 2.18. The lowest BCUT2D eigenvalue weighted by Crippen LogP contribution is -2.33. The number of carboxylic acid groups (broad SMARTS) is 1. The molecule has 1 atom stereocenters. The molecule has 0 spiro atoms. The molecule has 0 bridgehead atoms. The van der Waals surface area contributed by atoms with E-state index in [2.05, 4.69) is 15.5 Å². The van der Waals surface area contributed by atoms with Crippen LogP contribution in [0.2, 0.25) is 0 Å². The molecular weight excluding hydrogens is 232 g/mol. The molecule has 86 valence electrons. The van der Waals surface area contributed by atoms with Gasteiger partial charge < -0.3 is 10.0 Å². The van der Waals surface area contributed by atoms with Gasteiger partial charge >= 0.3 is 12.0 Å². The van der Waals surface area contributed by atoms with E-state index in [0.29, 0.717) is 18.1 Å². The Morgan fingerprint density at radius 3 is 3.00 bits per heavy atom. The Morgan fingerprint density at radius 2 is 2.44 bits per heavy atom. The van der Waals surface area contributed by atoms with Crippen molar-refractivity contribution in [2.75, 3.05) is 18.4 Å². The minimum absolute atomic E-state index is 0.250. The number of nitrogens with one attached hydrogen (secondary N) is 1. The van der Waals surface area contributed by atoms with Crippen molar-refractivity contribution in [3.8, 4) is 0 Å². The molecule has 1 aromatic heterocycles. The lowest BCUT2D eigenvalue weighted by Gasteiger charge is -2.14. The topological polar surface area (TPSA) is 95.4 Å². The fourth-order valence-corrected chi connectivity index (χ4v) is 1.98. The summed E-state index contributed by atoms with van der Waals surface area (Å²) in [6.45, 7) is 0.710. The number of urea groups is 1. The van der Waals surface area contributed by atoms with Gasteiger partial charge in [-0.3, -0.25) is 10.1 Å². The minimum atomic E-state index is -0.855. The maximum Gasteiger partial charge on any atom is 0.323 e. The van der Waals surface area contributed by atoms with Crippen molar-refractivity contribution in [3.05, 3.63) is 5.51 Å². The van der Waals surface area contributed by atoms with E-state index in [1.54, 1.807) is 0 Å². The molecule has 1 aliphatic rings. The van der Waals surface area contributed by atoms with Gasteiger partial charge in [0.25, 0.3) is 0 Å². The van der Waals surface area contributed by atoms with Gasteiger partial charge in [-0.2, -0.15) is 0 Å². The Labute approximate surface area is 95.1 Å². The lowest BCUT2D eigenvalue weighted by atomic mass is 10.1. The van der Waals surface area contributed by atoms with Gasteiger partial charge in [-0.05, 0) is 6.42 Å². The summed E-state index contributed by atoms with van der Waals surface area (Å²) in [5, 5.41) is 19.0. The van der Waals surface area contributed by atoms with Gasteiger partial charge in [-0.25, -0.2) is 4.79 Å². The maximum absolute atomic E-state index is 11.6. The van der Waals surface area contributed by atoms with Gasteiger partial charge in [0.2, 0.25) is 5.13 Å². The monoisotopic (exact) mass is 242 g/mol. The molecule has 0 aliphatic carbocycles. The third kappa shape index (κ3) is 2.27. The largest absolute Gasteiger partial charge is 0.481 e. The number of likely N-dealkylation sites (tertiary alicyclic amines) is 1. The van der Waals surface area contributed by atoms with E-state index < -0.39 is 11.9 Å². The van der Waals surface area contributed by atoms with Crippen molar-refractivity contribution in [2.45, 2.75) is 6.42 Å². The minimum Gasteiger partial charge on any atom is -0.481 e. The van der Waals surface area contributed by atoms with Crippen molar-refractivity contribution in [2.24, 2.45) is 5.92 Å². The van der Waals surface area contributed by atoms with Crippen LogP contribution in [0.15, 0.2) is 5.51 Å². The molecule has 2 heterocycles. The van der Waals surface area contributed by atoms with Crippen molar-refractivity contribution in [1.29, 1.82) is 0 Å². The molecule has 1 saturated heterocycles. The van der Waals surface area contributed by atoms with E-state index in [1.165, 1.54) is 21.7 Å². The molecule has 7 nitrogen and oxygen atoms in total. The summed E-state index contributed by atoms with van der Waals surface area (Å²) in [4.78, 5) is 23.8. The van der Waals surface area contributed by atoms with Crippen LogP contribution in [0.5, 0.6) is 0 Å². The molecule has 0 radical (unpaired) electrons. The van der Waals surface area contributed by atoms with Crippen LogP contribution in [0.4, 0.5) is 9.93 Å². The number of aliphatic carboxylic acids is 1. The highest BCUT2D eigenvalue weighted by atomic mass is 32.1. The Hall–Kier alpha value is -1.70. The normalized spacial score (nSPS) is 19.8. The van der Waals surface area contributed by atoms with Gasteiger partial charge in [0.05, 0.1) is 5.92 Å². The Kier molecular flexibility index (Phi) is 3.00. The number of rotatable bonds is 2. The van der Waals surface area contributed by atoms with Crippen LogP contribution in [-0.2, 0) is 4.79 Å². The zero-order valence-corrected chi connectivity index (χ0v) is 9.11. The molecule has 2 N–H and O–H groups in total. The first-order valence-corrected chi connectivity index (χ1v) is 5.59. The molecular formula is C8H10N4O3S. The molecule has 1 aromatic rings. The summed E-state index contributed by atoms with van der Waals surface area (Å²) >= 11 is 1.22. The zero-order valence-electron chi connectivity index (χ0n) is 8.29. The van der Waals surface area contributed by atoms with E-state index >= 15 is 0 Å². The lowest BCUT2D eigenvalue weighted by molar-refractivity contribution is -0.141. The Morgan fingerprint density at radius 1 is 1.62 bits per heavy atom. The van der Waals surface area contributed by atoms with Crippen LogP contribution in [0.25, 0.3) is 0 Å². The van der Waals surface area contributed by atoms with Crippen LogP contribution in [0.3, 0.4) is 0 Å². The number of amides is 2. The van der Waals surface area contributed by atoms with E-state index in [9.17, 15) is 9.59 Å². The summed E-state index contributed by atoms with van der Waals surface area (Å²) in [5.41, 5.74) is 1.51. The van der Waals surface area contributed by atoms with Crippen LogP contribution >= 0.6 is 11.3 Å². The summed E-state index contributed by atoms with van der Waals surface area (Å²) in [6, 6.07) is -0.319.